The molecular formula is C111H186O9. The van der Waals surface area contributed by atoms with Gasteiger partial charge >= 0.3 is 0 Å². The summed E-state index contributed by atoms with van der Waals surface area (Å²) >= 11 is 0. The zero-order valence-electron chi connectivity index (χ0n) is 85.9. The highest BCUT2D eigenvalue weighted by Gasteiger charge is 2.34. The summed E-state index contributed by atoms with van der Waals surface area (Å²) < 4.78 is 50.6. The van der Waals surface area contributed by atoms with Crippen molar-refractivity contribution in [3.63, 3.8) is 0 Å². The van der Waals surface area contributed by atoms with Crippen molar-refractivity contribution in [2.75, 3.05) is 0 Å². The van der Waals surface area contributed by atoms with E-state index in [1.165, 1.54) is 33.4 Å². The molecule has 9 aromatic heterocycles. The molecule has 0 amide bonds. The highest BCUT2D eigenvalue weighted by atomic mass is 16.4. The predicted molar refractivity (Wildman–Crippen MR) is 517 cm³/mol. The molecule has 9 heteroatoms. The molecule has 120 heavy (non-hydrogen) atoms. The first-order chi connectivity index (χ1) is 55.6. The SMILES string of the molecule is CC[C@H](c1cc(C(C)(C)C)co1)C(C)C.CC[C@H](c1cc(C(C)C)co1)C(C)C.CC[C@H](c1cc(C)co1)C(C)C.CC[C@H](c1ccc(C)o1)C(C)C.CCc1coc([C@@H](CC)C(C)C)c1.Cc1ccc(C(C(C)C)C(C)C)o1.Cc1ccc([C@H](C(C)C)C(C)(C)C)o1.Cc1coc(C(C(C)C)C(C)C)c1.Cc1coc([C@H](C(C)C)C(C)(C)C)c1. The van der Waals surface area contributed by atoms with E-state index in [2.05, 4.69) is 351 Å². The molecule has 0 saturated carbocycles. The second-order valence-electron chi connectivity index (χ2n) is 42.1. The molecule has 0 spiro atoms. The third-order valence-electron chi connectivity index (χ3n) is 23.8. The number of aryl methyl sites for hydroxylation is 7. The van der Waals surface area contributed by atoms with Crippen LogP contribution in [-0.2, 0) is 11.8 Å². The highest BCUT2D eigenvalue weighted by Crippen LogP contribution is 2.44. The zero-order valence-corrected chi connectivity index (χ0v) is 85.9. The van der Waals surface area contributed by atoms with Crippen LogP contribution in [0.4, 0.5) is 0 Å². The van der Waals surface area contributed by atoms with Crippen molar-refractivity contribution < 1.29 is 39.8 Å². The van der Waals surface area contributed by atoms with Crippen molar-refractivity contribution in [2.45, 2.75) is 415 Å². The van der Waals surface area contributed by atoms with E-state index in [0.717, 1.165) is 108 Å². The van der Waals surface area contributed by atoms with Crippen LogP contribution in [0.5, 0.6) is 0 Å². The van der Waals surface area contributed by atoms with Crippen molar-refractivity contribution in [1.29, 1.82) is 0 Å². The summed E-state index contributed by atoms with van der Waals surface area (Å²) in [4.78, 5) is 0. The van der Waals surface area contributed by atoms with E-state index < -0.39 is 0 Å². The Bertz CT molecular complexity index is 3840. The van der Waals surface area contributed by atoms with Crippen molar-refractivity contribution in [3.8, 4) is 0 Å². The molecule has 0 aliphatic heterocycles. The van der Waals surface area contributed by atoms with Gasteiger partial charge in [-0.05, 0) is 274 Å². The summed E-state index contributed by atoms with van der Waals surface area (Å²) in [6.45, 7) is 99.7. The lowest BCUT2D eigenvalue weighted by Crippen LogP contribution is -2.22. The van der Waals surface area contributed by atoms with Gasteiger partial charge < -0.3 is 39.8 Å². The first-order valence-corrected chi connectivity index (χ1v) is 47.2. The molecule has 7 atom stereocenters. The molecule has 0 bridgehead atoms. The van der Waals surface area contributed by atoms with Crippen LogP contribution in [0.3, 0.4) is 0 Å². The fourth-order valence-electron chi connectivity index (χ4n) is 17.7. The molecule has 0 aromatic carbocycles. The molecule has 9 nitrogen and oxygen atoms in total. The molecule has 0 aliphatic carbocycles. The average Bonchev–Trinajstić information content (AvgIpc) is 1.76. The highest BCUT2D eigenvalue weighted by molar-refractivity contribution is 5.25. The third kappa shape index (κ3) is 38.3. The number of hydrogen-bond acceptors (Lipinski definition) is 9. The lowest BCUT2D eigenvalue weighted by molar-refractivity contribution is 0.222. The van der Waals surface area contributed by atoms with Crippen molar-refractivity contribution in [1.82, 2.24) is 0 Å². The van der Waals surface area contributed by atoms with Crippen LogP contribution in [0.2, 0.25) is 0 Å². The topological polar surface area (TPSA) is 118 Å². The van der Waals surface area contributed by atoms with Crippen molar-refractivity contribution in [3.05, 3.63) is 213 Å². The van der Waals surface area contributed by atoms with Crippen LogP contribution in [0, 0.1) is 117 Å². The molecule has 9 aromatic rings. The average molecular weight is 1660 g/mol. The predicted octanol–water partition coefficient (Wildman–Crippen LogP) is 37.5. The summed E-state index contributed by atoms with van der Waals surface area (Å²) in [6, 6.07) is 25.6. The first kappa shape index (κ1) is 112. The van der Waals surface area contributed by atoms with E-state index in [4.69, 9.17) is 39.8 Å². The maximum absolute atomic E-state index is 5.73. The van der Waals surface area contributed by atoms with Gasteiger partial charge in [-0.1, -0.05) is 270 Å². The lowest BCUT2D eigenvalue weighted by atomic mass is 9.73. The third-order valence-corrected chi connectivity index (χ3v) is 23.8. The van der Waals surface area contributed by atoms with Gasteiger partial charge in [-0.2, -0.15) is 0 Å². The van der Waals surface area contributed by atoms with Gasteiger partial charge in [0.15, 0.2) is 0 Å². The Kier molecular flexibility index (Phi) is 49.9. The van der Waals surface area contributed by atoms with E-state index in [1.807, 2.05) is 70.5 Å². The van der Waals surface area contributed by atoms with E-state index in [0.29, 0.717) is 124 Å². The molecule has 0 aliphatic rings. The molecule has 9 rings (SSSR count). The monoisotopic (exact) mass is 1660 g/mol. The van der Waals surface area contributed by atoms with E-state index >= 15 is 0 Å². The van der Waals surface area contributed by atoms with Crippen LogP contribution in [0.1, 0.15) is 464 Å². The summed E-state index contributed by atoms with van der Waals surface area (Å²) in [5.41, 5.74) is 8.32. The minimum Gasteiger partial charge on any atom is -0.469 e. The Morgan fingerprint density at radius 1 is 0.258 bits per heavy atom. The first-order valence-electron chi connectivity index (χ1n) is 47.2. The Hall–Kier alpha value is -6.48. The van der Waals surface area contributed by atoms with Crippen LogP contribution < -0.4 is 0 Å². The smallest absolute Gasteiger partial charge is 0.108 e. The Morgan fingerprint density at radius 3 is 0.808 bits per heavy atom. The molecule has 9 heterocycles. The fraction of sp³-hybridized carbons (Fsp3) is 0.676. The van der Waals surface area contributed by atoms with Gasteiger partial charge in [0, 0.05) is 53.3 Å². The maximum atomic E-state index is 5.73. The van der Waals surface area contributed by atoms with Gasteiger partial charge in [-0.25, -0.2) is 0 Å². The molecule has 0 unspecified atom stereocenters. The summed E-state index contributed by atoms with van der Waals surface area (Å²) in [6.07, 6.45) is 18.1. The van der Waals surface area contributed by atoms with Crippen molar-refractivity contribution in [2.24, 2.45) is 75.9 Å². The molecule has 0 N–H and O–H groups in total. The van der Waals surface area contributed by atoms with E-state index in [1.54, 1.807) is 0 Å². The van der Waals surface area contributed by atoms with Gasteiger partial charge in [0.1, 0.15) is 69.1 Å². The Balaban J connectivity index is 0.000000675. The standard InChI is InChI=1S/C14H24O.3C13H22O.3C12H20O.2C11H18O/c1-7-12(10(2)3)13-8-11(9-15-13)14(4,5)6;1-9(2)12(13(4,5)6)11-7-10(3)8-14-11;1-9(2)12(13(4,5)6)11-8-7-10(3)14-11;1-6-12(10(4)5)13-7-11(8-14-13)9(2)3;1-8(2)12(9(3)4)11-6-10(5)7-13-11;1-8(2)12(9(3)4)11-7-6-10(5)13-11;1-5-10-7-12(13-8-10)11(6-2)9(3)4;1-5-10(8(2)3)11-6-9(4)7-12-11;1-5-10(8(2)3)11-7-6-9(4)12-11/h8-10,12H,7H2,1-6H3;2*7-9,12H,1-6H3;7-10,12H,6H2,1-5H3;2*6-9,12H,1-5H3;7-9,11H,5-6H2,1-4H3;2*6-8,10H,5H2,1-4H3/t4*12-;;;11-;2*10-/m0000..000/s1. The molecule has 0 fully saturated rings. The zero-order chi connectivity index (χ0) is 92.4. The molecule has 684 valence electrons. The van der Waals surface area contributed by atoms with Crippen LogP contribution in [0.15, 0.2) is 150 Å². The van der Waals surface area contributed by atoms with E-state index in [9.17, 15) is 0 Å². The number of rotatable bonds is 27. The Labute approximate surface area is 738 Å². The number of furan rings is 9. The van der Waals surface area contributed by atoms with Crippen LogP contribution in [-0.4, -0.2) is 0 Å². The maximum Gasteiger partial charge on any atom is 0.108 e. The largest absolute Gasteiger partial charge is 0.469 e. The lowest BCUT2D eigenvalue weighted by Gasteiger charge is -2.32. The van der Waals surface area contributed by atoms with Gasteiger partial charge in [0.05, 0.1) is 37.6 Å². The summed E-state index contributed by atoms with van der Waals surface area (Å²) in [5.74, 6) is 26.0. The summed E-state index contributed by atoms with van der Waals surface area (Å²) in [7, 11) is 0. The van der Waals surface area contributed by atoms with E-state index in [-0.39, 0.29) is 16.2 Å². The minimum atomic E-state index is 0.191. The van der Waals surface area contributed by atoms with Crippen molar-refractivity contribution >= 4 is 0 Å². The molecular weight excluding hydrogens is 1480 g/mol. The van der Waals surface area contributed by atoms with Gasteiger partial charge in [-0.15, -0.1) is 0 Å². The second-order valence-corrected chi connectivity index (χ2v) is 42.1. The van der Waals surface area contributed by atoms with Gasteiger partial charge in [0.2, 0.25) is 0 Å². The molecule has 0 saturated heterocycles. The van der Waals surface area contributed by atoms with Crippen LogP contribution >= 0.6 is 0 Å². The minimum absolute atomic E-state index is 0.191. The number of hydrogen-bond donors (Lipinski definition) is 0. The summed E-state index contributed by atoms with van der Waals surface area (Å²) in [5, 5.41) is 0. The van der Waals surface area contributed by atoms with Gasteiger partial charge in [0.25, 0.3) is 0 Å². The van der Waals surface area contributed by atoms with Crippen LogP contribution in [0.25, 0.3) is 0 Å². The fourth-order valence-corrected chi connectivity index (χ4v) is 17.7. The molecule has 0 radical (unpaired) electrons. The van der Waals surface area contributed by atoms with Gasteiger partial charge in [-0.3, -0.25) is 0 Å². The Morgan fingerprint density at radius 2 is 0.542 bits per heavy atom. The normalized spacial score (nSPS) is 13.7. The quantitative estimate of drug-likeness (QED) is 0.0496. The second kappa shape index (κ2) is 53.6.